The number of nitrogens with one attached hydrogen (secondary N) is 1. The Balaban J connectivity index is 2.29. The van der Waals surface area contributed by atoms with Crippen molar-refractivity contribution in [3.63, 3.8) is 0 Å². The lowest BCUT2D eigenvalue weighted by Crippen LogP contribution is -2.11. The van der Waals surface area contributed by atoms with Crippen LogP contribution in [0.2, 0.25) is 0 Å². The number of pyridine rings is 1. The van der Waals surface area contributed by atoms with E-state index < -0.39 is 0 Å². The molecule has 1 aromatic carbocycles. The summed E-state index contributed by atoms with van der Waals surface area (Å²) in [4.78, 5) is 16.0. The minimum atomic E-state index is -0.0924. The lowest BCUT2D eigenvalue weighted by molar-refractivity contribution is -0.116. The molecule has 0 aliphatic carbocycles. The van der Waals surface area contributed by atoms with E-state index in [1.807, 2.05) is 24.3 Å². The van der Waals surface area contributed by atoms with Crippen molar-refractivity contribution in [2.75, 3.05) is 5.32 Å². The third-order valence-corrected chi connectivity index (χ3v) is 2.88. The standard InChI is InChI=1S/C14H11BrN2O/c1-2-3-7-13(18)17-12-6-4-5-10-8-11(15)9-16-14(10)12/h1,4-6,8-9H,3,7H2,(H,17,18). The van der Waals surface area contributed by atoms with Crippen molar-refractivity contribution in [3.05, 3.63) is 34.9 Å². The monoisotopic (exact) mass is 302 g/mol. The number of carbonyl (C=O) groups excluding carboxylic acids is 1. The van der Waals surface area contributed by atoms with Gasteiger partial charge in [-0.15, -0.1) is 12.3 Å². The Morgan fingerprint density at radius 3 is 3.11 bits per heavy atom. The molecule has 0 radical (unpaired) electrons. The highest BCUT2D eigenvalue weighted by atomic mass is 79.9. The molecule has 0 aliphatic heterocycles. The summed E-state index contributed by atoms with van der Waals surface area (Å²) >= 11 is 3.37. The van der Waals surface area contributed by atoms with Crippen molar-refractivity contribution in [1.29, 1.82) is 0 Å². The van der Waals surface area contributed by atoms with E-state index in [1.165, 1.54) is 0 Å². The average molecular weight is 303 g/mol. The maximum absolute atomic E-state index is 11.6. The number of hydrogen-bond acceptors (Lipinski definition) is 2. The Morgan fingerprint density at radius 1 is 1.50 bits per heavy atom. The van der Waals surface area contributed by atoms with E-state index in [4.69, 9.17) is 6.42 Å². The van der Waals surface area contributed by atoms with E-state index >= 15 is 0 Å². The SMILES string of the molecule is C#CCCC(=O)Nc1cccc2cc(Br)cnc12. The molecule has 0 fully saturated rings. The van der Waals surface area contributed by atoms with Gasteiger partial charge >= 0.3 is 0 Å². The zero-order valence-electron chi connectivity index (χ0n) is 9.61. The summed E-state index contributed by atoms with van der Waals surface area (Å²) in [5.74, 6) is 2.35. The van der Waals surface area contributed by atoms with Gasteiger partial charge in [0.05, 0.1) is 11.2 Å². The predicted molar refractivity (Wildman–Crippen MR) is 76.1 cm³/mol. The molecule has 3 nitrogen and oxygen atoms in total. The van der Waals surface area contributed by atoms with Crippen molar-refractivity contribution >= 4 is 38.4 Å². The smallest absolute Gasteiger partial charge is 0.225 e. The van der Waals surface area contributed by atoms with Crippen LogP contribution in [0.25, 0.3) is 10.9 Å². The van der Waals surface area contributed by atoms with Crippen LogP contribution in [0, 0.1) is 12.3 Å². The molecule has 18 heavy (non-hydrogen) atoms. The highest BCUT2D eigenvalue weighted by Crippen LogP contribution is 2.23. The summed E-state index contributed by atoms with van der Waals surface area (Å²) in [6.45, 7) is 0. The zero-order valence-corrected chi connectivity index (χ0v) is 11.2. The number of fused-ring (bicyclic) bond motifs is 1. The second kappa shape index (κ2) is 5.65. The van der Waals surface area contributed by atoms with Crippen molar-refractivity contribution in [2.24, 2.45) is 0 Å². The maximum atomic E-state index is 11.6. The van der Waals surface area contributed by atoms with Gasteiger partial charge in [-0.1, -0.05) is 12.1 Å². The molecule has 0 unspecified atom stereocenters. The van der Waals surface area contributed by atoms with Gasteiger partial charge in [0.25, 0.3) is 0 Å². The first-order valence-electron chi connectivity index (χ1n) is 5.48. The molecule has 0 bridgehead atoms. The summed E-state index contributed by atoms with van der Waals surface area (Å²) in [5, 5.41) is 3.80. The van der Waals surface area contributed by atoms with Gasteiger partial charge in [0.15, 0.2) is 0 Å². The molecule has 90 valence electrons. The third-order valence-electron chi connectivity index (χ3n) is 2.45. The number of amides is 1. The number of rotatable bonds is 3. The lowest BCUT2D eigenvalue weighted by Gasteiger charge is -2.07. The van der Waals surface area contributed by atoms with Crippen molar-refractivity contribution in [1.82, 2.24) is 4.98 Å². The Labute approximate surface area is 114 Å². The molecule has 1 heterocycles. The summed E-state index contributed by atoms with van der Waals surface area (Å²) in [7, 11) is 0. The van der Waals surface area contributed by atoms with Gasteiger partial charge in [0.1, 0.15) is 0 Å². The summed E-state index contributed by atoms with van der Waals surface area (Å²) in [5.41, 5.74) is 1.48. The second-order valence-corrected chi connectivity index (χ2v) is 4.70. The van der Waals surface area contributed by atoms with Crippen LogP contribution in [0.3, 0.4) is 0 Å². The first kappa shape index (κ1) is 12.6. The number of hydrogen-bond donors (Lipinski definition) is 1. The average Bonchev–Trinajstić information content (AvgIpc) is 2.36. The fourth-order valence-electron chi connectivity index (χ4n) is 1.63. The predicted octanol–water partition coefficient (Wildman–Crippen LogP) is 3.35. The first-order valence-corrected chi connectivity index (χ1v) is 6.27. The molecule has 4 heteroatoms. The van der Waals surface area contributed by atoms with Crippen molar-refractivity contribution in [2.45, 2.75) is 12.8 Å². The first-order chi connectivity index (χ1) is 8.70. The quantitative estimate of drug-likeness (QED) is 0.884. The molecule has 0 saturated carbocycles. The van der Waals surface area contributed by atoms with E-state index in [2.05, 4.69) is 32.2 Å². The minimum absolute atomic E-state index is 0.0924. The number of halogens is 1. The molecule has 0 saturated heterocycles. The van der Waals surface area contributed by atoms with Crippen LogP contribution < -0.4 is 5.32 Å². The van der Waals surface area contributed by atoms with E-state index in [0.29, 0.717) is 18.5 Å². The van der Waals surface area contributed by atoms with Crippen LogP contribution in [-0.2, 0) is 4.79 Å². The number of carbonyl (C=O) groups is 1. The molecule has 2 aromatic rings. The van der Waals surface area contributed by atoms with Gasteiger partial charge in [-0.05, 0) is 28.1 Å². The van der Waals surface area contributed by atoms with Crippen molar-refractivity contribution in [3.8, 4) is 12.3 Å². The fourth-order valence-corrected chi connectivity index (χ4v) is 1.98. The normalized spacial score (nSPS) is 10.0. The molecular weight excluding hydrogens is 292 g/mol. The fraction of sp³-hybridized carbons (Fsp3) is 0.143. The largest absolute Gasteiger partial charge is 0.324 e. The van der Waals surface area contributed by atoms with Gasteiger partial charge in [0, 0.05) is 28.9 Å². The molecular formula is C14H11BrN2O. The van der Waals surface area contributed by atoms with E-state index in [9.17, 15) is 4.79 Å². The van der Waals surface area contributed by atoms with Crippen LogP contribution in [0.1, 0.15) is 12.8 Å². The number of aromatic nitrogens is 1. The van der Waals surface area contributed by atoms with Crippen LogP contribution >= 0.6 is 15.9 Å². The van der Waals surface area contributed by atoms with Crippen molar-refractivity contribution < 1.29 is 4.79 Å². The Kier molecular flexibility index (Phi) is 3.96. The topological polar surface area (TPSA) is 42.0 Å². The third kappa shape index (κ3) is 2.88. The highest BCUT2D eigenvalue weighted by molar-refractivity contribution is 9.10. The second-order valence-electron chi connectivity index (χ2n) is 3.78. The molecule has 1 amide bonds. The number of terminal acetylenes is 1. The molecule has 0 atom stereocenters. The van der Waals surface area contributed by atoms with Crippen LogP contribution in [0.5, 0.6) is 0 Å². The summed E-state index contributed by atoms with van der Waals surface area (Å²) < 4.78 is 0.908. The van der Waals surface area contributed by atoms with E-state index in [-0.39, 0.29) is 5.91 Å². The lowest BCUT2D eigenvalue weighted by atomic mass is 10.2. The van der Waals surface area contributed by atoms with Gasteiger partial charge in [0.2, 0.25) is 5.91 Å². The Hall–Kier alpha value is -1.86. The van der Waals surface area contributed by atoms with Gasteiger partial charge < -0.3 is 5.32 Å². The number of benzene rings is 1. The Morgan fingerprint density at radius 2 is 2.33 bits per heavy atom. The number of anilines is 1. The highest BCUT2D eigenvalue weighted by Gasteiger charge is 2.06. The van der Waals surface area contributed by atoms with E-state index in [0.717, 1.165) is 15.4 Å². The molecule has 1 aromatic heterocycles. The van der Waals surface area contributed by atoms with Crippen LogP contribution in [-0.4, -0.2) is 10.9 Å². The summed E-state index contributed by atoms with van der Waals surface area (Å²) in [6, 6.07) is 7.62. The maximum Gasteiger partial charge on any atom is 0.225 e. The minimum Gasteiger partial charge on any atom is -0.324 e. The van der Waals surface area contributed by atoms with Crippen LogP contribution in [0.15, 0.2) is 34.9 Å². The molecule has 2 rings (SSSR count). The molecule has 0 spiro atoms. The number of nitrogens with zero attached hydrogens (tertiary/aromatic N) is 1. The molecule has 0 aliphatic rings. The zero-order chi connectivity index (χ0) is 13.0. The summed E-state index contributed by atoms with van der Waals surface area (Å²) in [6.07, 6.45) is 7.60. The van der Waals surface area contributed by atoms with Gasteiger partial charge in [-0.2, -0.15) is 0 Å². The van der Waals surface area contributed by atoms with Gasteiger partial charge in [-0.3, -0.25) is 9.78 Å². The molecule has 1 N–H and O–H groups in total. The van der Waals surface area contributed by atoms with Crippen LogP contribution in [0.4, 0.5) is 5.69 Å². The number of para-hydroxylation sites is 1. The van der Waals surface area contributed by atoms with Gasteiger partial charge in [-0.25, -0.2) is 0 Å². The Bertz CT molecular complexity index is 631. The van der Waals surface area contributed by atoms with E-state index in [1.54, 1.807) is 6.20 Å².